The number of fused-ring (bicyclic) bond motifs is 1. The van der Waals surface area contributed by atoms with Crippen molar-refractivity contribution in [2.75, 3.05) is 13.1 Å². The van der Waals surface area contributed by atoms with Crippen molar-refractivity contribution in [2.24, 2.45) is 0 Å². The third-order valence-electron chi connectivity index (χ3n) is 4.41. The summed E-state index contributed by atoms with van der Waals surface area (Å²) in [6.45, 7) is 3.61. The fourth-order valence-corrected chi connectivity index (χ4v) is 3.17. The Morgan fingerprint density at radius 3 is 2.65 bits per heavy atom. The first kappa shape index (κ1) is 15.6. The van der Waals surface area contributed by atoms with Crippen molar-refractivity contribution in [1.29, 1.82) is 0 Å². The van der Waals surface area contributed by atoms with Crippen molar-refractivity contribution in [1.82, 2.24) is 14.8 Å². The van der Waals surface area contributed by atoms with Gasteiger partial charge in [0.25, 0.3) is 0 Å². The van der Waals surface area contributed by atoms with E-state index in [2.05, 4.69) is 5.32 Å². The third kappa shape index (κ3) is 3.55. The highest BCUT2D eigenvalue weighted by atomic mass is 16.2. The van der Waals surface area contributed by atoms with Gasteiger partial charge in [0, 0.05) is 24.8 Å². The molecule has 1 unspecified atom stereocenters. The molecule has 0 radical (unpaired) electrons. The zero-order valence-electron chi connectivity index (χ0n) is 13.5. The highest BCUT2D eigenvalue weighted by Gasteiger charge is 2.23. The zero-order chi connectivity index (χ0) is 16.2. The largest absolute Gasteiger partial charge is 0.343 e. The summed E-state index contributed by atoms with van der Waals surface area (Å²) in [6, 6.07) is 9.47. The molecule has 23 heavy (non-hydrogen) atoms. The van der Waals surface area contributed by atoms with E-state index in [-0.39, 0.29) is 18.4 Å². The van der Waals surface area contributed by atoms with Crippen LogP contribution in [-0.4, -0.2) is 40.4 Å². The van der Waals surface area contributed by atoms with Crippen LogP contribution in [0.2, 0.25) is 0 Å². The number of benzene rings is 1. The van der Waals surface area contributed by atoms with Gasteiger partial charge in [0.15, 0.2) is 0 Å². The molecule has 1 atom stereocenters. The molecule has 5 heteroatoms. The zero-order valence-corrected chi connectivity index (χ0v) is 13.5. The van der Waals surface area contributed by atoms with Gasteiger partial charge in [0.05, 0.1) is 0 Å². The second-order valence-corrected chi connectivity index (χ2v) is 6.18. The second kappa shape index (κ2) is 6.86. The summed E-state index contributed by atoms with van der Waals surface area (Å²) in [5.74, 6) is -0.111. The molecule has 1 aromatic heterocycles. The summed E-state index contributed by atoms with van der Waals surface area (Å²) in [7, 11) is 0. The predicted octanol–water partition coefficient (Wildman–Crippen LogP) is 2.16. The molecule has 122 valence electrons. The van der Waals surface area contributed by atoms with Gasteiger partial charge in [-0.05, 0) is 43.7 Å². The molecule has 0 bridgehead atoms. The van der Waals surface area contributed by atoms with Gasteiger partial charge in [0.1, 0.15) is 12.6 Å². The van der Waals surface area contributed by atoms with Crippen molar-refractivity contribution in [2.45, 2.75) is 38.8 Å². The molecule has 0 saturated carbocycles. The maximum atomic E-state index is 12.4. The Morgan fingerprint density at radius 2 is 1.87 bits per heavy atom. The lowest BCUT2D eigenvalue weighted by Crippen LogP contribution is -2.49. The second-order valence-electron chi connectivity index (χ2n) is 6.18. The molecule has 1 fully saturated rings. The van der Waals surface area contributed by atoms with Gasteiger partial charge in [-0.2, -0.15) is 0 Å². The van der Waals surface area contributed by atoms with Crippen molar-refractivity contribution in [3.63, 3.8) is 0 Å². The van der Waals surface area contributed by atoms with E-state index in [0.717, 1.165) is 36.8 Å². The fourth-order valence-electron chi connectivity index (χ4n) is 3.17. The number of hydrogen-bond acceptors (Lipinski definition) is 2. The molecular formula is C18H23N3O2. The molecule has 2 amide bonds. The number of likely N-dealkylation sites (tertiary alicyclic amines) is 1. The first-order valence-electron chi connectivity index (χ1n) is 8.27. The monoisotopic (exact) mass is 313 g/mol. The minimum atomic E-state index is -0.470. The molecule has 3 rings (SSSR count). The number of para-hydroxylation sites is 1. The molecule has 0 aliphatic carbocycles. The lowest BCUT2D eigenvalue weighted by atomic mass is 10.1. The van der Waals surface area contributed by atoms with Crippen LogP contribution in [0.5, 0.6) is 0 Å². The molecule has 1 N–H and O–H groups in total. The lowest BCUT2D eigenvalue weighted by Gasteiger charge is -2.29. The number of piperidine rings is 1. The number of amides is 2. The van der Waals surface area contributed by atoms with Crippen LogP contribution in [-0.2, 0) is 16.1 Å². The van der Waals surface area contributed by atoms with Crippen LogP contribution in [0.15, 0.2) is 36.5 Å². The standard InChI is InChI=1S/C18H23N3O2/c1-14(18(23)20-10-5-2-6-11-20)19-17(22)13-21-12-9-15-7-3-4-8-16(15)21/h3-4,7-9,12,14H,2,5-6,10-11,13H2,1H3,(H,19,22). The molecule has 0 spiro atoms. The average molecular weight is 313 g/mol. The Bertz CT molecular complexity index is 701. The summed E-state index contributed by atoms with van der Waals surface area (Å²) < 4.78 is 1.91. The van der Waals surface area contributed by atoms with Crippen LogP contribution < -0.4 is 5.32 Å². The van der Waals surface area contributed by atoms with Gasteiger partial charge in [-0.25, -0.2) is 0 Å². The summed E-state index contributed by atoms with van der Waals surface area (Å²) in [5.41, 5.74) is 1.03. The number of nitrogens with one attached hydrogen (secondary N) is 1. The number of carbonyl (C=O) groups excluding carboxylic acids is 2. The van der Waals surface area contributed by atoms with Crippen molar-refractivity contribution in [3.8, 4) is 0 Å². The molecule has 1 aliphatic rings. The van der Waals surface area contributed by atoms with E-state index in [1.165, 1.54) is 6.42 Å². The van der Waals surface area contributed by atoms with E-state index < -0.39 is 6.04 Å². The maximum Gasteiger partial charge on any atom is 0.244 e. The van der Waals surface area contributed by atoms with Crippen LogP contribution in [0.4, 0.5) is 0 Å². The van der Waals surface area contributed by atoms with Gasteiger partial charge < -0.3 is 14.8 Å². The Balaban J connectivity index is 1.59. The minimum Gasteiger partial charge on any atom is -0.343 e. The van der Waals surface area contributed by atoms with E-state index >= 15 is 0 Å². The first-order valence-corrected chi connectivity index (χ1v) is 8.27. The summed E-state index contributed by atoms with van der Waals surface area (Å²) in [5, 5.41) is 3.94. The molecule has 1 aromatic carbocycles. The Labute approximate surface area is 136 Å². The van der Waals surface area contributed by atoms with E-state index in [0.29, 0.717) is 0 Å². The van der Waals surface area contributed by atoms with E-state index in [9.17, 15) is 9.59 Å². The van der Waals surface area contributed by atoms with E-state index in [4.69, 9.17) is 0 Å². The van der Waals surface area contributed by atoms with Crippen LogP contribution in [0.1, 0.15) is 26.2 Å². The fraction of sp³-hybridized carbons (Fsp3) is 0.444. The Morgan fingerprint density at radius 1 is 1.13 bits per heavy atom. The first-order chi connectivity index (χ1) is 11.1. The minimum absolute atomic E-state index is 0.0235. The van der Waals surface area contributed by atoms with Crippen molar-refractivity contribution < 1.29 is 9.59 Å². The molecule has 1 saturated heterocycles. The van der Waals surface area contributed by atoms with Gasteiger partial charge in [0.2, 0.25) is 11.8 Å². The summed E-state index contributed by atoms with van der Waals surface area (Å²) >= 11 is 0. The Kier molecular flexibility index (Phi) is 4.65. The maximum absolute atomic E-state index is 12.4. The molecule has 2 aromatic rings. The highest BCUT2D eigenvalue weighted by Crippen LogP contribution is 2.15. The summed E-state index contributed by atoms with van der Waals surface area (Å²) in [6.07, 6.45) is 5.20. The number of hydrogen-bond donors (Lipinski definition) is 1. The van der Waals surface area contributed by atoms with Gasteiger partial charge in [-0.3, -0.25) is 9.59 Å². The van der Waals surface area contributed by atoms with Crippen LogP contribution in [0.3, 0.4) is 0 Å². The van der Waals surface area contributed by atoms with Crippen LogP contribution in [0, 0.1) is 0 Å². The van der Waals surface area contributed by atoms with Crippen molar-refractivity contribution in [3.05, 3.63) is 36.5 Å². The predicted molar refractivity (Wildman–Crippen MR) is 90.0 cm³/mol. The third-order valence-corrected chi connectivity index (χ3v) is 4.41. The van der Waals surface area contributed by atoms with Crippen LogP contribution >= 0.6 is 0 Å². The number of aromatic nitrogens is 1. The van der Waals surface area contributed by atoms with Crippen LogP contribution in [0.25, 0.3) is 10.9 Å². The quantitative estimate of drug-likeness (QED) is 0.940. The van der Waals surface area contributed by atoms with E-state index in [1.54, 1.807) is 6.92 Å². The average Bonchev–Trinajstić information content (AvgIpc) is 2.98. The highest BCUT2D eigenvalue weighted by molar-refractivity contribution is 5.88. The smallest absolute Gasteiger partial charge is 0.244 e. The SMILES string of the molecule is CC(NC(=O)Cn1ccc2ccccc21)C(=O)N1CCCCC1. The lowest BCUT2D eigenvalue weighted by molar-refractivity contribution is -0.136. The number of nitrogens with zero attached hydrogens (tertiary/aromatic N) is 2. The molecular weight excluding hydrogens is 290 g/mol. The Hall–Kier alpha value is -2.30. The number of rotatable bonds is 4. The topological polar surface area (TPSA) is 54.3 Å². The molecule has 1 aliphatic heterocycles. The molecule has 2 heterocycles. The van der Waals surface area contributed by atoms with Crippen molar-refractivity contribution >= 4 is 22.7 Å². The normalized spacial score (nSPS) is 16.3. The van der Waals surface area contributed by atoms with Gasteiger partial charge >= 0.3 is 0 Å². The van der Waals surface area contributed by atoms with E-state index in [1.807, 2.05) is 46.0 Å². The molecule has 5 nitrogen and oxygen atoms in total. The number of carbonyl (C=O) groups is 2. The van der Waals surface area contributed by atoms with Gasteiger partial charge in [-0.1, -0.05) is 18.2 Å². The summed E-state index contributed by atoms with van der Waals surface area (Å²) in [4.78, 5) is 26.5. The van der Waals surface area contributed by atoms with Gasteiger partial charge in [-0.15, -0.1) is 0 Å².